The molecule has 0 saturated carbocycles. The summed E-state index contributed by atoms with van der Waals surface area (Å²) in [5.41, 5.74) is 0.460. The second-order valence-electron chi connectivity index (χ2n) is 3.69. The molecule has 1 atom stereocenters. The molecule has 1 aromatic rings. The lowest BCUT2D eigenvalue weighted by atomic mass is 10.2. The molecule has 6 heteroatoms. The number of rotatable bonds is 5. The average Bonchev–Trinajstić information content (AvgIpc) is 2.27. The third-order valence-corrected chi connectivity index (χ3v) is 3.10. The predicted molar refractivity (Wildman–Crippen MR) is 64.4 cm³/mol. The van der Waals surface area contributed by atoms with Gasteiger partial charge in [0.2, 0.25) is 0 Å². The Morgan fingerprint density at radius 3 is 2.41 bits per heavy atom. The topological polar surface area (TPSA) is 83.5 Å². The predicted octanol–water partition coefficient (Wildman–Crippen LogP) is 1.08. The van der Waals surface area contributed by atoms with Crippen molar-refractivity contribution in [1.29, 1.82) is 0 Å². The van der Waals surface area contributed by atoms with Crippen LogP contribution in [-0.4, -0.2) is 30.7 Å². The summed E-state index contributed by atoms with van der Waals surface area (Å²) in [5.74, 6) is -0.816. The Morgan fingerprint density at radius 1 is 1.35 bits per heavy atom. The van der Waals surface area contributed by atoms with E-state index in [2.05, 4.69) is 5.32 Å². The zero-order valence-corrected chi connectivity index (χ0v) is 10.3. The van der Waals surface area contributed by atoms with E-state index in [4.69, 9.17) is 4.55 Å². The Kier molecular flexibility index (Phi) is 4.65. The van der Waals surface area contributed by atoms with E-state index >= 15 is 0 Å². The number of amides is 1. The van der Waals surface area contributed by atoms with Crippen molar-refractivity contribution < 1.29 is 17.8 Å². The van der Waals surface area contributed by atoms with E-state index < -0.39 is 21.9 Å². The first kappa shape index (κ1) is 13.7. The second kappa shape index (κ2) is 5.79. The highest BCUT2D eigenvalue weighted by atomic mass is 32.2. The molecule has 5 nitrogen and oxygen atoms in total. The molecule has 2 N–H and O–H groups in total. The van der Waals surface area contributed by atoms with Crippen LogP contribution in [0.15, 0.2) is 30.3 Å². The largest absolute Gasteiger partial charge is 0.348 e. The standard InChI is InChI=1S/C11H15NO4S/c1-2-10(8-17(14,15)16)12-11(13)9-6-4-3-5-7-9/h3-7,10H,2,8H2,1H3,(H,12,13)(H,14,15,16)/t10-/m1/s1. The lowest BCUT2D eigenvalue weighted by molar-refractivity contribution is 0.0939. The van der Waals surface area contributed by atoms with Crippen LogP contribution in [0.1, 0.15) is 23.7 Å². The number of carbonyl (C=O) groups is 1. The molecule has 0 spiro atoms. The van der Waals surface area contributed by atoms with E-state index in [9.17, 15) is 13.2 Å². The molecule has 0 radical (unpaired) electrons. The van der Waals surface area contributed by atoms with Crippen molar-refractivity contribution in [3.8, 4) is 0 Å². The van der Waals surface area contributed by atoms with Crippen LogP contribution >= 0.6 is 0 Å². The zero-order valence-electron chi connectivity index (χ0n) is 9.46. The third kappa shape index (κ3) is 4.97. The maximum Gasteiger partial charge on any atom is 0.266 e. The number of hydrogen-bond acceptors (Lipinski definition) is 3. The quantitative estimate of drug-likeness (QED) is 0.773. The average molecular weight is 257 g/mol. The van der Waals surface area contributed by atoms with Crippen molar-refractivity contribution >= 4 is 16.0 Å². The second-order valence-corrected chi connectivity index (χ2v) is 5.19. The van der Waals surface area contributed by atoms with Gasteiger partial charge >= 0.3 is 0 Å². The highest BCUT2D eigenvalue weighted by molar-refractivity contribution is 7.85. The highest BCUT2D eigenvalue weighted by Crippen LogP contribution is 2.02. The smallest absolute Gasteiger partial charge is 0.266 e. The van der Waals surface area contributed by atoms with E-state index in [1.54, 1.807) is 37.3 Å². The van der Waals surface area contributed by atoms with Gasteiger partial charge in [-0.15, -0.1) is 0 Å². The van der Waals surface area contributed by atoms with E-state index in [-0.39, 0.29) is 5.91 Å². The lowest BCUT2D eigenvalue weighted by Gasteiger charge is -2.15. The first-order valence-corrected chi connectivity index (χ1v) is 6.84. The molecule has 17 heavy (non-hydrogen) atoms. The van der Waals surface area contributed by atoms with Gasteiger partial charge in [0.15, 0.2) is 0 Å². The van der Waals surface area contributed by atoms with Crippen LogP contribution in [0.25, 0.3) is 0 Å². The van der Waals surface area contributed by atoms with Gasteiger partial charge in [0.25, 0.3) is 16.0 Å². The van der Waals surface area contributed by atoms with Crippen molar-refractivity contribution in [3.05, 3.63) is 35.9 Å². The Bertz CT molecular complexity index is 470. The van der Waals surface area contributed by atoms with Crippen LogP contribution in [0.2, 0.25) is 0 Å². The molecule has 0 aromatic heterocycles. The molecule has 0 unspecified atom stereocenters. The van der Waals surface area contributed by atoms with Gasteiger partial charge in [0.1, 0.15) is 0 Å². The minimum Gasteiger partial charge on any atom is -0.348 e. The molecule has 0 saturated heterocycles. The van der Waals surface area contributed by atoms with Gasteiger partial charge in [-0.05, 0) is 18.6 Å². The summed E-state index contributed by atoms with van der Waals surface area (Å²) in [6.45, 7) is 1.74. The van der Waals surface area contributed by atoms with Crippen LogP contribution in [0, 0.1) is 0 Å². The first-order valence-electron chi connectivity index (χ1n) is 5.23. The summed E-state index contributed by atoms with van der Waals surface area (Å²) in [4.78, 5) is 11.7. The molecule has 0 aliphatic carbocycles. The van der Waals surface area contributed by atoms with Crippen LogP contribution in [0.4, 0.5) is 0 Å². The molecule has 1 aromatic carbocycles. The van der Waals surface area contributed by atoms with Gasteiger partial charge < -0.3 is 5.32 Å². The summed E-state index contributed by atoms with van der Waals surface area (Å²) < 4.78 is 30.2. The summed E-state index contributed by atoms with van der Waals surface area (Å²) in [7, 11) is -4.08. The molecule has 0 aliphatic heterocycles. The molecular weight excluding hydrogens is 242 g/mol. The first-order chi connectivity index (χ1) is 7.92. The zero-order chi connectivity index (χ0) is 12.9. The summed E-state index contributed by atoms with van der Waals surface area (Å²) in [6, 6.07) is 7.91. The maximum absolute atomic E-state index is 11.7. The van der Waals surface area contributed by atoms with Crippen molar-refractivity contribution in [2.45, 2.75) is 19.4 Å². The molecule has 0 heterocycles. The van der Waals surface area contributed by atoms with Gasteiger partial charge in [0.05, 0.1) is 5.75 Å². The Hall–Kier alpha value is -1.40. The van der Waals surface area contributed by atoms with E-state index in [0.717, 1.165) is 0 Å². The third-order valence-electron chi connectivity index (χ3n) is 2.28. The van der Waals surface area contributed by atoms with Gasteiger partial charge in [-0.1, -0.05) is 25.1 Å². The lowest BCUT2D eigenvalue weighted by Crippen LogP contribution is -2.39. The fourth-order valence-corrected chi connectivity index (χ4v) is 2.20. The van der Waals surface area contributed by atoms with Crippen molar-refractivity contribution in [1.82, 2.24) is 5.32 Å². The summed E-state index contributed by atoms with van der Waals surface area (Å²) in [5, 5.41) is 2.56. The fourth-order valence-electron chi connectivity index (χ4n) is 1.37. The number of benzene rings is 1. The minimum atomic E-state index is -4.08. The molecule has 94 valence electrons. The number of carbonyl (C=O) groups excluding carboxylic acids is 1. The van der Waals surface area contributed by atoms with E-state index in [1.807, 2.05) is 0 Å². The van der Waals surface area contributed by atoms with E-state index in [0.29, 0.717) is 12.0 Å². The summed E-state index contributed by atoms with van der Waals surface area (Å²) >= 11 is 0. The van der Waals surface area contributed by atoms with Gasteiger partial charge in [0, 0.05) is 11.6 Å². The molecule has 1 rings (SSSR count). The van der Waals surface area contributed by atoms with Crippen molar-refractivity contribution in [2.24, 2.45) is 0 Å². The van der Waals surface area contributed by atoms with Gasteiger partial charge in [-0.3, -0.25) is 9.35 Å². The Balaban J connectivity index is 2.67. The van der Waals surface area contributed by atoms with Crippen molar-refractivity contribution in [2.75, 3.05) is 5.75 Å². The van der Waals surface area contributed by atoms with Crippen LogP contribution in [0.5, 0.6) is 0 Å². The Morgan fingerprint density at radius 2 is 1.94 bits per heavy atom. The molecule has 0 bridgehead atoms. The molecular formula is C11H15NO4S. The Labute approximate surface area is 101 Å². The van der Waals surface area contributed by atoms with Gasteiger partial charge in [-0.25, -0.2) is 0 Å². The molecule has 1 amide bonds. The summed E-state index contributed by atoms with van der Waals surface area (Å²) in [6.07, 6.45) is 0.429. The molecule has 0 aliphatic rings. The monoisotopic (exact) mass is 257 g/mol. The minimum absolute atomic E-state index is 0.346. The normalized spacial score (nSPS) is 13.1. The number of nitrogens with one attached hydrogen (secondary N) is 1. The molecule has 0 fully saturated rings. The van der Waals surface area contributed by atoms with E-state index in [1.165, 1.54) is 0 Å². The van der Waals surface area contributed by atoms with Crippen LogP contribution < -0.4 is 5.32 Å². The maximum atomic E-state index is 11.7. The van der Waals surface area contributed by atoms with Crippen molar-refractivity contribution in [3.63, 3.8) is 0 Å². The van der Waals surface area contributed by atoms with Crippen LogP contribution in [-0.2, 0) is 10.1 Å². The fraction of sp³-hybridized carbons (Fsp3) is 0.364. The number of hydrogen-bond donors (Lipinski definition) is 2. The highest BCUT2D eigenvalue weighted by Gasteiger charge is 2.17. The SMILES string of the molecule is CC[C@H](CS(=O)(=O)O)NC(=O)c1ccccc1. The van der Waals surface area contributed by atoms with Gasteiger partial charge in [-0.2, -0.15) is 8.42 Å². The van der Waals surface area contributed by atoms with Crippen LogP contribution in [0.3, 0.4) is 0 Å².